The maximum absolute atomic E-state index is 11.8. The second kappa shape index (κ2) is 7.46. The van der Waals surface area contributed by atoms with Crippen molar-refractivity contribution in [2.24, 2.45) is 5.92 Å². The number of urea groups is 1. The van der Waals surface area contributed by atoms with Gasteiger partial charge in [0.05, 0.1) is 12.5 Å². The molecule has 0 spiro atoms. The molecule has 8 nitrogen and oxygen atoms in total. The van der Waals surface area contributed by atoms with Crippen molar-refractivity contribution < 1.29 is 14.7 Å². The summed E-state index contributed by atoms with van der Waals surface area (Å²) in [6, 6.07) is -0.338. The van der Waals surface area contributed by atoms with E-state index >= 15 is 0 Å². The number of H-pyrrole nitrogens is 1. The summed E-state index contributed by atoms with van der Waals surface area (Å²) >= 11 is 0. The molecule has 0 bridgehead atoms. The van der Waals surface area contributed by atoms with Crippen molar-refractivity contribution in [3.8, 4) is 0 Å². The number of aromatic nitrogens is 3. The molecule has 0 fully saturated rings. The van der Waals surface area contributed by atoms with Crippen LogP contribution in [0.25, 0.3) is 0 Å². The minimum Gasteiger partial charge on any atom is -0.481 e. The van der Waals surface area contributed by atoms with Gasteiger partial charge in [0, 0.05) is 13.6 Å². The molecule has 2 amide bonds. The second-order valence-corrected chi connectivity index (χ2v) is 4.70. The fourth-order valence-electron chi connectivity index (χ4n) is 1.75. The Labute approximate surface area is 117 Å². The van der Waals surface area contributed by atoms with Gasteiger partial charge in [0.1, 0.15) is 5.82 Å². The summed E-state index contributed by atoms with van der Waals surface area (Å²) in [5.74, 6) is -0.242. The van der Waals surface area contributed by atoms with Gasteiger partial charge in [0.15, 0.2) is 5.82 Å². The largest absolute Gasteiger partial charge is 0.481 e. The third-order valence-corrected chi connectivity index (χ3v) is 2.85. The van der Waals surface area contributed by atoms with E-state index in [0.717, 1.165) is 6.42 Å². The monoisotopic (exact) mass is 283 g/mol. The molecular formula is C12H21N5O3. The van der Waals surface area contributed by atoms with Gasteiger partial charge in [0.2, 0.25) is 0 Å². The first-order valence-corrected chi connectivity index (χ1v) is 6.53. The van der Waals surface area contributed by atoms with E-state index in [9.17, 15) is 9.59 Å². The summed E-state index contributed by atoms with van der Waals surface area (Å²) in [7, 11) is 1.61. The standard InChI is InChI=1S/C12H21N5O3/c1-4-5-9(11(18)19)6-13-12(20)17(3)7-10-14-8(2)15-16-10/h9H,4-7H2,1-3H3,(H,13,20)(H,18,19)(H,14,15,16). The number of hydrogen-bond acceptors (Lipinski definition) is 4. The molecule has 3 N–H and O–H groups in total. The van der Waals surface area contributed by atoms with Crippen LogP contribution in [-0.2, 0) is 11.3 Å². The molecule has 0 aliphatic rings. The average Bonchev–Trinajstić information content (AvgIpc) is 2.79. The number of nitrogens with one attached hydrogen (secondary N) is 2. The van der Waals surface area contributed by atoms with Crippen LogP contribution in [0.5, 0.6) is 0 Å². The minimum absolute atomic E-state index is 0.124. The van der Waals surface area contributed by atoms with Gasteiger partial charge in [-0.25, -0.2) is 9.78 Å². The van der Waals surface area contributed by atoms with E-state index in [1.807, 2.05) is 6.92 Å². The lowest BCUT2D eigenvalue weighted by molar-refractivity contribution is -0.141. The Balaban J connectivity index is 2.43. The molecule has 1 aromatic heterocycles. The van der Waals surface area contributed by atoms with Crippen LogP contribution in [0.4, 0.5) is 4.79 Å². The van der Waals surface area contributed by atoms with Crippen LogP contribution in [-0.4, -0.2) is 50.8 Å². The van der Waals surface area contributed by atoms with Crippen LogP contribution >= 0.6 is 0 Å². The molecule has 1 atom stereocenters. The highest BCUT2D eigenvalue weighted by Crippen LogP contribution is 2.05. The maximum Gasteiger partial charge on any atom is 0.317 e. The molecule has 0 aliphatic heterocycles. The highest BCUT2D eigenvalue weighted by Gasteiger charge is 2.18. The Morgan fingerprint density at radius 1 is 1.50 bits per heavy atom. The maximum atomic E-state index is 11.8. The summed E-state index contributed by atoms with van der Waals surface area (Å²) in [6.07, 6.45) is 1.30. The average molecular weight is 283 g/mol. The van der Waals surface area contributed by atoms with Crippen molar-refractivity contribution in [3.05, 3.63) is 11.6 Å². The number of nitrogens with zero attached hydrogens (tertiary/aromatic N) is 3. The normalized spacial score (nSPS) is 11.9. The molecule has 0 saturated carbocycles. The molecule has 1 rings (SSSR count). The van der Waals surface area contributed by atoms with Crippen LogP contribution in [0.1, 0.15) is 31.4 Å². The van der Waals surface area contributed by atoms with Crippen LogP contribution in [0.3, 0.4) is 0 Å². The topological polar surface area (TPSA) is 111 Å². The van der Waals surface area contributed by atoms with Crippen LogP contribution in [0.2, 0.25) is 0 Å². The molecule has 0 aromatic carbocycles. The third-order valence-electron chi connectivity index (χ3n) is 2.85. The molecule has 1 heterocycles. The molecule has 112 valence electrons. The molecule has 0 saturated heterocycles. The van der Waals surface area contributed by atoms with Gasteiger partial charge in [-0.05, 0) is 13.3 Å². The molecule has 8 heteroatoms. The van der Waals surface area contributed by atoms with Gasteiger partial charge >= 0.3 is 12.0 Å². The van der Waals surface area contributed by atoms with Crippen molar-refractivity contribution in [2.75, 3.05) is 13.6 Å². The zero-order valence-corrected chi connectivity index (χ0v) is 12.0. The molecular weight excluding hydrogens is 262 g/mol. The number of aromatic amines is 1. The summed E-state index contributed by atoms with van der Waals surface area (Å²) in [6.45, 7) is 4.08. The van der Waals surface area contributed by atoms with E-state index in [4.69, 9.17) is 5.11 Å². The Morgan fingerprint density at radius 3 is 2.70 bits per heavy atom. The van der Waals surface area contributed by atoms with E-state index in [0.29, 0.717) is 18.1 Å². The van der Waals surface area contributed by atoms with Crippen molar-refractivity contribution in [2.45, 2.75) is 33.2 Å². The van der Waals surface area contributed by atoms with E-state index in [-0.39, 0.29) is 19.1 Å². The van der Waals surface area contributed by atoms with Crippen molar-refractivity contribution in [1.29, 1.82) is 0 Å². The molecule has 0 aliphatic carbocycles. The van der Waals surface area contributed by atoms with Gasteiger partial charge in [-0.1, -0.05) is 13.3 Å². The first-order valence-electron chi connectivity index (χ1n) is 6.53. The van der Waals surface area contributed by atoms with Crippen LogP contribution in [0.15, 0.2) is 0 Å². The molecule has 0 radical (unpaired) electrons. The zero-order chi connectivity index (χ0) is 15.1. The van der Waals surface area contributed by atoms with E-state index in [2.05, 4.69) is 20.5 Å². The Kier molecular flexibility index (Phi) is 5.95. The van der Waals surface area contributed by atoms with Crippen molar-refractivity contribution in [1.82, 2.24) is 25.4 Å². The van der Waals surface area contributed by atoms with E-state index in [1.54, 1.807) is 14.0 Å². The first-order chi connectivity index (χ1) is 9.43. The highest BCUT2D eigenvalue weighted by molar-refractivity contribution is 5.75. The van der Waals surface area contributed by atoms with Gasteiger partial charge < -0.3 is 15.3 Å². The van der Waals surface area contributed by atoms with Crippen molar-refractivity contribution in [3.63, 3.8) is 0 Å². The first kappa shape index (κ1) is 15.9. The summed E-state index contributed by atoms with van der Waals surface area (Å²) in [4.78, 5) is 28.3. The Morgan fingerprint density at radius 2 is 2.20 bits per heavy atom. The Bertz CT molecular complexity index is 460. The predicted octanol–water partition coefficient (Wildman–Crippen LogP) is 0.755. The minimum atomic E-state index is -0.889. The summed E-state index contributed by atoms with van der Waals surface area (Å²) in [5, 5.41) is 18.3. The SMILES string of the molecule is CCCC(CNC(=O)N(C)Cc1n[nH]c(C)n1)C(=O)O. The smallest absolute Gasteiger partial charge is 0.317 e. The lowest BCUT2D eigenvalue weighted by atomic mass is 10.0. The Hall–Kier alpha value is -2.12. The lowest BCUT2D eigenvalue weighted by Gasteiger charge is -2.18. The summed E-state index contributed by atoms with van der Waals surface area (Å²) in [5.41, 5.74) is 0. The molecule has 20 heavy (non-hydrogen) atoms. The van der Waals surface area contributed by atoms with Gasteiger partial charge in [0.25, 0.3) is 0 Å². The van der Waals surface area contributed by atoms with Gasteiger partial charge in [-0.15, -0.1) is 0 Å². The van der Waals surface area contributed by atoms with Gasteiger partial charge in [-0.2, -0.15) is 5.10 Å². The predicted molar refractivity (Wildman–Crippen MR) is 72.0 cm³/mol. The number of aryl methyl sites for hydroxylation is 1. The number of carboxylic acid groups (broad SMARTS) is 1. The molecule has 1 unspecified atom stereocenters. The highest BCUT2D eigenvalue weighted by atomic mass is 16.4. The number of carbonyl (C=O) groups is 2. The fourth-order valence-corrected chi connectivity index (χ4v) is 1.75. The van der Waals surface area contributed by atoms with Crippen molar-refractivity contribution >= 4 is 12.0 Å². The van der Waals surface area contributed by atoms with Crippen LogP contribution in [0, 0.1) is 12.8 Å². The number of aliphatic carboxylic acids is 1. The lowest BCUT2D eigenvalue weighted by Crippen LogP contribution is -2.40. The number of rotatable bonds is 7. The second-order valence-electron chi connectivity index (χ2n) is 4.70. The number of carboxylic acids is 1. The zero-order valence-electron chi connectivity index (χ0n) is 12.0. The number of carbonyl (C=O) groups excluding carboxylic acids is 1. The van der Waals surface area contributed by atoms with Gasteiger partial charge in [-0.3, -0.25) is 9.89 Å². The van der Waals surface area contributed by atoms with E-state index < -0.39 is 11.9 Å². The number of hydrogen-bond donors (Lipinski definition) is 3. The fraction of sp³-hybridized carbons (Fsp3) is 0.667. The quantitative estimate of drug-likeness (QED) is 0.684. The molecule has 1 aromatic rings. The third kappa shape index (κ3) is 4.87. The van der Waals surface area contributed by atoms with Crippen LogP contribution < -0.4 is 5.32 Å². The van der Waals surface area contributed by atoms with E-state index in [1.165, 1.54) is 4.90 Å². The number of amides is 2. The summed E-state index contributed by atoms with van der Waals surface area (Å²) < 4.78 is 0.